The van der Waals surface area contributed by atoms with Crippen molar-refractivity contribution in [3.8, 4) is 17.0 Å². The molecule has 9 heteroatoms. The molecule has 2 aromatic carbocycles. The molecule has 3 rings (SSSR count). The Hall–Kier alpha value is -3.88. The molecule has 0 saturated carbocycles. The molecule has 0 unspecified atom stereocenters. The quantitative estimate of drug-likeness (QED) is 0.314. The van der Waals surface area contributed by atoms with E-state index in [-0.39, 0.29) is 12.5 Å². The first kappa shape index (κ1) is 28.7. The maximum Gasteiger partial charge on any atom is 0.416 e. The van der Waals surface area contributed by atoms with Crippen LogP contribution in [0.4, 0.5) is 13.2 Å². The van der Waals surface area contributed by atoms with Crippen molar-refractivity contribution in [3.05, 3.63) is 83.0 Å². The molecule has 0 atom stereocenters. The van der Waals surface area contributed by atoms with E-state index >= 15 is 0 Å². The lowest BCUT2D eigenvalue weighted by Crippen LogP contribution is -2.39. The minimum Gasteiger partial charge on any atom is -0.476 e. The van der Waals surface area contributed by atoms with Gasteiger partial charge >= 0.3 is 12.1 Å². The summed E-state index contributed by atoms with van der Waals surface area (Å²) >= 11 is 0. The number of likely N-dealkylation sites (N-methyl/N-ethyl adjacent to an activating group) is 1. The van der Waals surface area contributed by atoms with Gasteiger partial charge in [0.15, 0.2) is 5.60 Å². The summed E-state index contributed by atoms with van der Waals surface area (Å²) in [5, 5.41) is 0. The number of nitrogens with zero attached hydrogens (tertiary/aromatic N) is 2. The number of pyridine rings is 1. The van der Waals surface area contributed by atoms with Crippen LogP contribution in [-0.4, -0.2) is 47.6 Å². The lowest BCUT2D eigenvalue weighted by Gasteiger charge is -2.24. The Morgan fingerprint density at radius 3 is 2.13 bits per heavy atom. The topological polar surface area (TPSA) is 68.7 Å². The summed E-state index contributed by atoms with van der Waals surface area (Å²) in [6.07, 6.45) is -3.81. The van der Waals surface area contributed by atoms with E-state index in [1.54, 1.807) is 63.9 Å². The van der Waals surface area contributed by atoms with E-state index in [0.717, 1.165) is 17.7 Å². The highest BCUT2D eigenvalue weighted by Gasteiger charge is 2.32. The molecule has 202 valence electrons. The SMILES string of the molecule is CCOC(=O)C(C)(C)Oc1ccc(CCN(C)C(=O)c2ccc(-c3ccc(C(F)(F)F)cc3)nc2C)cc1. The van der Waals surface area contributed by atoms with Gasteiger partial charge in [-0.3, -0.25) is 9.78 Å². The van der Waals surface area contributed by atoms with Crippen molar-refractivity contribution in [1.82, 2.24) is 9.88 Å². The predicted octanol–water partition coefficient (Wildman–Crippen LogP) is 6.11. The van der Waals surface area contributed by atoms with Crippen molar-refractivity contribution in [2.75, 3.05) is 20.2 Å². The minimum absolute atomic E-state index is 0.204. The number of carbonyl (C=O) groups is 2. The number of hydrogen-bond donors (Lipinski definition) is 0. The number of amides is 1. The Labute approximate surface area is 220 Å². The Kier molecular flexibility index (Phi) is 8.81. The van der Waals surface area contributed by atoms with Crippen molar-refractivity contribution in [1.29, 1.82) is 0 Å². The van der Waals surface area contributed by atoms with E-state index in [0.29, 0.717) is 41.2 Å². The van der Waals surface area contributed by atoms with Gasteiger partial charge in [-0.1, -0.05) is 24.3 Å². The van der Waals surface area contributed by atoms with Crippen LogP contribution in [0.5, 0.6) is 5.75 Å². The highest BCUT2D eigenvalue weighted by atomic mass is 19.4. The van der Waals surface area contributed by atoms with Crippen molar-refractivity contribution in [3.63, 3.8) is 0 Å². The molecular weight excluding hydrogens is 497 g/mol. The Morgan fingerprint density at radius 2 is 1.58 bits per heavy atom. The van der Waals surface area contributed by atoms with Gasteiger partial charge in [-0.15, -0.1) is 0 Å². The fraction of sp³-hybridized carbons (Fsp3) is 0.345. The zero-order valence-electron chi connectivity index (χ0n) is 22.1. The van der Waals surface area contributed by atoms with E-state index in [9.17, 15) is 22.8 Å². The molecule has 3 aromatic rings. The molecule has 0 aliphatic rings. The monoisotopic (exact) mass is 528 g/mol. The van der Waals surface area contributed by atoms with Gasteiger partial charge in [-0.25, -0.2) is 4.79 Å². The molecule has 6 nitrogen and oxygen atoms in total. The number of halogens is 3. The molecule has 0 N–H and O–H groups in total. The smallest absolute Gasteiger partial charge is 0.416 e. The van der Waals surface area contributed by atoms with Gasteiger partial charge in [-0.05, 0) is 76.1 Å². The summed E-state index contributed by atoms with van der Waals surface area (Å²) in [5.74, 6) is -0.113. The summed E-state index contributed by atoms with van der Waals surface area (Å²) in [5.41, 5.74) is 1.08. The number of rotatable bonds is 9. The Morgan fingerprint density at radius 1 is 0.947 bits per heavy atom. The molecule has 1 aromatic heterocycles. The molecule has 1 heterocycles. The average Bonchev–Trinajstić information content (AvgIpc) is 2.87. The van der Waals surface area contributed by atoms with E-state index in [2.05, 4.69) is 4.98 Å². The molecule has 38 heavy (non-hydrogen) atoms. The number of benzene rings is 2. The summed E-state index contributed by atoms with van der Waals surface area (Å²) in [6.45, 7) is 7.45. The number of ether oxygens (including phenoxy) is 2. The van der Waals surface area contributed by atoms with Gasteiger partial charge in [0.25, 0.3) is 5.91 Å². The second-order valence-corrected chi connectivity index (χ2v) is 9.36. The fourth-order valence-electron chi connectivity index (χ4n) is 3.75. The minimum atomic E-state index is -4.40. The Bertz CT molecular complexity index is 1270. The lowest BCUT2D eigenvalue weighted by atomic mass is 10.1. The van der Waals surface area contributed by atoms with Gasteiger partial charge in [0, 0.05) is 19.2 Å². The first-order chi connectivity index (χ1) is 17.8. The van der Waals surface area contributed by atoms with Gasteiger partial charge in [0.05, 0.1) is 29.1 Å². The van der Waals surface area contributed by atoms with E-state index in [4.69, 9.17) is 9.47 Å². The third-order valence-electron chi connectivity index (χ3n) is 5.97. The number of hydrogen-bond acceptors (Lipinski definition) is 5. The largest absolute Gasteiger partial charge is 0.476 e. The maximum atomic E-state index is 13.0. The molecule has 0 spiro atoms. The van der Waals surface area contributed by atoms with Crippen LogP contribution < -0.4 is 4.74 Å². The second-order valence-electron chi connectivity index (χ2n) is 9.36. The van der Waals surface area contributed by atoms with Gasteiger partial charge in [0.1, 0.15) is 5.75 Å². The predicted molar refractivity (Wildman–Crippen MR) is 138 cm³/mol. The highest BCUT2D eigenvalue weighted by Crippen LogP contribution is 2.31. The molecule has 0 saturated heterocycles. The molecule has 0 radical (unpaired) electrons. The fourth-order valence-corrected chi connectivity index (χ4v) is 3.75. The normalized spacial score (nSPS) is 11.7. The number of esters is 1. The van der Waals surface area contributed by atoms with Crippen LogP contribution in [0.15, 0.2) is 60.7 Å². The standard InChI is InChI=1S/C29H31F3N2O4/c1-6-37-27(36)28(3,4)38-23-13-7-20(8-14-23)17-18-34(5)26(35)24-15-16-25(33-19(24)2)21-9-11-22(12-10-21)29(30,31)32/h7-16H,6,17-18H2,1-5H3. The van der Waals surface area contributed by atoms with Crippen molar-refractivity contribution >= 4 is 11.9 Å². The van der Waals surface area contributed by atoms with Crippen LogP contribution in [0, 0.1) is 6.92 Å². The second kappa shape index (κ2) is 11.7. The zero-order chi connectivity index (χ0) is 28.1. The molecular formula is C29H31F3N2O4. The van der Waals surface area contributed by atoms with Crippen LogP contribution in [-0.2, 0) is 22.1 Å². The van der Waals surface area contributed by atoms with Crippen molar-refractivity contribution in [2.45, 2.75) is 45.9 Å². The zero-order valence-corrected chi connectivity index (χ0v) is 22.1. The van der Waals surface area contributed by atoms with E-state index in [1.165, 1.54) is 12.1 Å². The number of aromatic nitrogens is 1. The first-order valence-electron chi connectivity index (χ1n) is 12.2. The lowest BCUT2D eigenvalue weighted by molar-refractivity contribution is -0.158. The third kappa shape index (κ3) is 7.12. The molecule has 0 fully saturated rings. The van der Waals surface area contributed by atoms with Crippen LogP contribution in [0.1, 0.15) is 48.0 Å². The number of carbonyl (C=O) groups excluding carboxylic acids is 2. The maximum absolute atomic E-state index is 13.0. The van der Waals surface area contributed by atoms with Crippen LogP contribution in [0.25, 0.3) is 11.3 Å². The average molecular weight is 529 g/mol. The van der Waals surface area contributed by atoms with Crippen molar-refractivity contribution in [2.24, 2.45) is 0 Å². The van der Waals surface area contributed by atoms with Gasteiger partial charge in [-0.2, -0.15) is 13.2 Å². The molecule has 1 amide bonds. The molecule has 0 aliphatic carbocycles. The van der Waals surface area contributed by atoms with Gasteiger partial charge < -0.3 is 14.4 Å². The Balaban J connectivity index is 1.60. The summed E-state index contributed by atoms with van der Waals surface area (Å²) in [7, 11) is 1.70. The van der Waals surface area contributed by atoms with Crippen LogP contribution in [0.2, 0.25) is 0 Å². The van der Waals surface area contributed by atoms with E-state index in [1.807, 2.05) is 12.1 Å². The van der Waals surface area contributed by atoms with Gasteiger partial charge in [0.2, 0.25) is 0 Å². The van der Waals surface area contributed by atoms with Crippen molar-refractivity contribution < 1.29 is 32.2 Å². The van der Waals surface area contributed by atoms with Crippen LogP contribution >= 0.6 is 0 Å². The molecule has 0 bridgehead atoms. The van der Waals surface area contributed by atoms with Crippen LogP contribution in [0.3, 0.4) is 0 Å². The summed E-state index contributed by atoms with van der Waals surface area (Å²) in [6, 6.07) is 15.3. The third-order valence-corrected chi connectivity index (χ3v) is 5.97. The number of aryl methyl sites for hydroxylation is 1. The van der Waals surface area contributed by atoms with E-state index < -0.39 is 23.3 Å². The summed E-state index contributed by atoms with van der Waals surface area (Å²) in [4.78, 5) is 31.1. The number of alkyl halides is 3. The highest BCUT2D eigenvalue weighted by molar-refractivity contribution is 5.95. The summed E-state index contributed by atoms with van der Waals surface area (Å²) < 4.78 is 49.3. The first-order valence-corrected chi connectivity index (χ1v) is 12.2. The molecule has 0 aliphatic heterocycles.